The van der Waals surface area contributed by atoms with Gasteiger partial charge in [0.1, 0.15) is 5.69 Å². The van der Waals surface area contributed by atoms with Gasteiger partial charge in [-0.3, -0.25) is 14.9 Å². The molecule has 2 saturated heterocycles. The second-order valence-corrected chi connectivity index (χ2v) is 5.71. The van der Waals surface area contributed by atoms with E-state index in [9.17, 15) is 14.9 Å². The molecule has 3 N–H and O–H groups in total. The molecule has 0 aromatic heterocycles. The first kappa shape index (κ1) is 13.8. The lowest BCUT2D eigenvalue weighted by Gasteiger charge is -2.24. The summed E-state index contributed by atoms with van der Waals surface area (Å²) in [5, 5.41) is 14.4. The van der Waals surface area contributed by atoms with Crippen LogP contribution in [0.25, 0.3) is 0 Å². The number of benzene rings is 1. The number of rotatable bonds is 2. The SMILES string of the molecule is Nc1ccc(C(=O)N2CCC3CCC(C2)N3)cc1[N+](=O)[O-]. The van der Waals surface area contributed by atoms with Crippen molar-refractivity contribution < 1.29 is 9.72 Å². The van der Waals surface area contributed by atoms with Crippen LogP contribution in [0.15, 0.2) is 18.2 Å². The molecule has 2 fully saturated rings. The zero-order valence-electron chi connectivity index (χ0n) is 11.6. The normalized spacial score (nSPS) is 24.7. The van der Waals surface area contributed by atoms with Crippen molar-refractivity contribution >= 4 is 17.3 Å². The largest absolute Gasteiger partial charge is 0.393 e. The molecule has 7 heteroatoms. The first-order valence-corrected chi connectivity index (χ1v) is 7.14. The lowest BCUT2D eigenvalue weighted by Crippen LogP contribution is -2.39. The van der Waals surface area contributed by atoms with E-state index in [2.05, 4.69) is 5.32 Å². The standard InChI is InChI=1S/C14H18N4O3/c15-12-4-1-9(7-13(12)18(20)21)14(19)17-6-5-10-2-3-11(8-17)16-10/h1,4,7,10-11,16H,2-3,5-6,8,15H2. The third-order valence-electron chi connectivity index (χ3n) is 4.28. The smallest absolute Gasteiger partial charge is 0.292 e. The molecule has 21 heavy (non-hydrogen) atoms. The van der Waals surface area contributed by atoms with Gasteiger partial charge >= 0.3 is 0 Å². The fourth-order valence-electron chi connectivity index (χ4n) is 3.14. The van der Waals surface area contributed by atoms with Gasteiger partial charge in [0, 0.05) is 36.8 Å². The number of fused-ring (bicyclic) bond motifs is 2. The Balaban J connectivity index is 1.81. The van der Waals surface area contributed by atoms with Crippen molar-refractivity contribution in [1.29, 1.82) is 0 Å². The number of carbonyl (C=O) groups excluding carboxylic acids is 1. The Morgan fingerprint density at radius 1 is 1.33 bits per heavy atom. The van der Waals surface area contributed by atoms with Gasteiger partial charge in [0.15, 0.2) is 0 Å². The number of nitro benzene ring substituents is 1. The molecule has 0 spiro atoms. The van der Waals surface area contributed by atoms with Gasteiger partial charge in [0.25, 0.3) is 11.6 Å². The number of nitro groups is 1. The fraction of sp³-hybridized carbons (Fsp3) is 0.500. The first-order chi connectivity index (χ1) is 10.0. The van der Waals surface area contributed by atoms with E-state index in [4.69, 9.17) is 5.73 Å². The summed E-state index contributed by atoms with van der Waals surface area (Å²) in [6.07, 6.45) is 3.18. The molecule has 2 atom stereocenters. The number of nitrogens with zero attached hydrogens (tertiary/aromatic N) is 2. The third-order valence-corrected chi connectivity index (χ3v) is 4.28. The molecule has 0 aliphatic carbocycles. The van der Waals surface area contributed by atoms with E-state index in [1.54, 1.807) is 11.0 Å². The van der Waals surface area contributed by atoms with Crippen molar-refractivity contribution in [2.24, 2.45) is 0 Å². The van der Waals surface area contributed by atoms with Gasteiger partial charge in [0.2, 0.25) is 0 Å². The lowest BCUT2D eigenvalue weighted by molar-refractivity contribution is -0.383. The van der Waals surface area contributed by atoms with Gasteiger partial charge in [-0.05, 0) is 31.4 Å². The molecule has 112 valence electrons. The predicted molar refractivity (Wildman–Crippen MR) is 78.0 cm³/mol. The van der Waals surface area contributed by atoms with Gasteiger partial charge in [-0.2, -0.15) is 0 Å². The summed E-state index contributed by atoms with van der Waals surface area (Å²) >= 11 is 0. The monoisotopic (exact) mass is 290 g/mol. The van der Waals surface area contributed by atoms with Crippen LogP contribution in [0, 0.1) is 10.1 Å². The summed E-state index contributed by atoms with van der Waals surface area (Å²) in [6.45, 7) is 1.35. The van der Waals surface area contributed by atoms with Gasteiger partial charge in [0.05, 0.1) is 4.92 Å². The minimum absolute atomic E-state index is 0.0770. The number of carbonyl (C=O) groups is 1. The highest BCUT2D eigenvalue weighted by molar-refractivity contribution is 5.95. The number of likely N-dealkylation sites (tertiary alicyclic amines) is 1. The molecular weight excluding hydrogens is 272 g/mol. The summed E-state index contributed by atoms with van der Waals surface area (Å²) in [5.74, 6) is -0.160. The predicted octanol–water partition coefficient (Wildman–Crippen LogP) is 1.14. The Bertz CT molecular complexity index is 590. The van der Waals surface area contributed by atoms with Crippen LogP contribution in [0.4, 0.5) is 11.4 Å². The van der Waals surface area contributed by atoms with Crippen LogP contribution in [0.3, 0.4) is 0 Å². The molecule has 0 radical (unpaired) electrons. The van der Waals surface area contributed by atoms with Crippen LogP contribution in [0.2, 0.25) is 0 Å². The van der Waals surface area contributed by atoms with Crippen LogP contribution in [0.1, 0.15) is 29.6 Å². The first-order valence-electron chi connectivity index (χ1n) is 7.14. The number of amides is 1. The summed E-state index contributed by atoms with van der Waals surface area (Å²) in [6, 6.07) is 5.09. The Morgan fingerprint density at radius 3 is 2.86 bits per heavy atom. The van der Waals surface area contributed by atoms with Crippen molar-refractivity contribution in [1.82, 2.24) is 10.2 Å². The van der Waals surface area contributed by atoms with E-state index in [0.717, 1.165) is 12.8 Å². The van der Waals surface area contributed by atoms with Crippen LogP contribution in [-0.2, 0) is 0 Å². The highest BCUT2D eigenvalue weighted by Gasteiger charge is 2.31. The molecule has 7 nitrogen and oxygen atoms in total. The Morgan fingerprint density at radius 2 is 2.10 bits per heavy atom. The van der Waals surface area contributed by atoms with Gasteiger partial charge in [-0.15, -0.1) is 0 Å². The molecule has 3 rings (SSSR count). The molecule has 1 amide bonds. The van der Waals surface area contributed by atoms with Crippen molar-refractivity contribution in [2.75, 3.05) is 18.8 Å². The van der Waals surface area contributed by atoms with Crippen LogP contribution < -0.4 is 11.1 Å². The van der Waals surface area contributed by atoms with Crippen LogP contribution >= 0.6 is 0 Å². The molecule has 2 aliphatic heterocycles. The minimum Gasteiger partial charge on any atom is -0.393 e. The molecule has 2 heterocycles. The second kappa shape index (κ2) is 5.33. The van der Waals surface area contributed by atoms with Crippen molar-refractivity contribution in [2.45, 2.75) is 31.3 Å². The average molecular weight is 290 g/mol. The average Bonchev–Trinajstić information content (AvgIpc) is 2.78. The maximum atomic E-state index is 12.5. The number of anilines is 1. The molecule has 2 aliphatic rings. The maximum absolute atomic E-state index is 12.5. The van der Waals surface area contributed by atoms with Crippen LogP contribution in [-0.4, -0.2) is 40.9 Å². The van der Waals surface area contributed by atoms with E-state index in [1.165, 1.54) is 18.6 Å². The Kier molecular flexibility index (Phi) is 3.50. The fourth-order valence-corrected chi connectivity index (χ4v) is 3.14. The highest BCUT2D eigenvalue weighted by atomic mass is 16.6. The van der Waals surface area contributed by atoms with E-state index in [0.29, 0.717) is 30.7 Å². The molecule has 2 unspecified atom stereocenters. The molecular formula is C14H18N4O3. The number of nitrogens with two attached hydrogens (primary N) is 1. The molecule has 1 aromatic rings. The van der Waals surface area contributed by atoms with E-state index in [-0.39, 0.29) is 17.3 Å². The van der Waals surface area contributed by atoms with Gasteiger partial charge in [-0.1, -0.05) is 0 Å². The molecule has 2 bridgehead atoms. The zero-order valence-corrected chi connectivity index (χ0v) is 11.6. The summed E-state index contributed by atoms with van der Waals surface area (Å²) in [4.78, 5) is 24.7. The summed E-state index contributed by atoms with van der Waals surface area (Å²) in [5.41, 5.74) is 5.76. The van der Waals surface area contributed by atoms with Crippen molar-refractivity contribution in [3.63, 3.8) is 0 Å². The number of nitrogens with one attached hydrogen (secondary N) is 1. The third kappa shape index (κ3) is 2.69. The Hall–Kier alpha value is -2.15. The minimum atomic E-state index is -0.557. The Labute approximate surface area is 122 Å². The number of hydrogen-bond acceptors (Lipinski definition) is 5. The maximum Gasteiger partial charge on any atom is 0.292 e. The summed E-state index contributed by atoms with van der Waals surface area (Å²) in [7, 11) is 0. The lowest BCUT2D eigenvalue weighted by atomic mass is 10.1. The topological polar surface area (TPSA) is 102 Å². The number of nitrogen functional groups attached to an aromatic ring is 1. The van der Waals surface area contributed by atoms with Crippen molar-refractivity contribution in [3.8, 4) is 0 Å². The molecule has 1 aromatic carbocycles. The highest BCUT2D eigenvalue weighted by Crippen LogP contribution is 2.25. The molecule has 0 saturated carbocycles. The van der Waals surface area contributed by atoms with Crippen LogP contribution in [0.5, 0.6) is 0 Å². The van der Waals surface area contributed by atoms with Crippen molar-refractivity contribution in [3.05, 3.63) is 33.9 Å². The van der Waals surface area contributed by atoms with E-state index in [1.807, 2.05) is 0 Å². The summed E-state index contributed by atoms with van der Waals surface area (Å²) < 4.78 is 0. The second-order valence-electron chi connectivity index (χ2n) is 5.71. The zero-order chi connectivity index (χ0) is 15.0. The number of hydrogen-bond donors (Lipinski definition) is 2. The van der Waals surface area contributed by atoms with Gasteiger partial charge in [-0.25, -0.2) is 0 Å². The van der Waals surface area contributed by atoms with E-state index >= 15 is 0 Å². The van der Waals surface area contributed by atoms with Gasteiger partial charge < -0.3 is 16.0 Å². The quantitative estimate of drug-likeness (QED) is 0.483. The van der Waals surface area contributed by atoms with E-state index < -0.39 is 4.92 Å².